The van der Waals surface area contributed by atoms with E-state index in [1.165, 1.54) is 5.56 Å². The van der Waals surface area contributed by atoms with Crippen molar-refractivity contribution in [1.82, 2.24) is 4.90 Å². The first-order valence-corrected chi connectivity index (χ1v) is 7.04. The van der Waals surface area contributed by atoms with E-state index >= 15 is 0 Å². The summed E-state index contributed by atoms with van der Waals surface area (Å²) >= 11 is 3.43. The molecule has 0 amide bonds. The zero-order valence-corrected chi connectivity index (χ0v) is 12.2. The smallest absolute Gasteiger partial charge is 0.308 e. The first-order chi connectivity index (χ1) is 8.50. The van der Waals surface area contributed by atoms with Gasteiger partial charge in [0.15, 0.2) is 0 Å². The summed E-state index contributed by atoms with van der Waals surface area (Å²) in [5.41, 5.74) is 1.23. The van der Waals surface area contributed by atoms with E-state index in [-0.39, 0.29) is 18.0 Å². The Morgan fingerprint density at radius 3 is 2.56 bits per heavy atom. The third kappa shape index (κ3) is 2.59. The van der Waals surface area contributed by atoms with Gasteiger partial charge in [-0.3, -0.25) is 9.69 Å². The molecule has 0 aromatic heterocycles. The van der Waals surface area contributed by atoms with Gasteiger partial charge in [-0.25, -0.2) is 0 Å². The monoisotopic (exact) mass is 311 g/mol. The molecular weight excluding hydrogens is 294 g/mol. The van der Waals surface area contributed by atoms with Crippen molar-refractivity contribution in [2.75, 3.05) is 6.54 Å². The fourth-order valence-corrected chi connectivity index (χ4v) is 3.04. The lowest BCUT2D eigenvalue weighted by Crippen LogP contribution is -2.34. The highest BCUT2D eigenvalue weighted by Crippen LogP contribution is 2.33. The average Bonchev–Trinajstić information content (AvgIpc) is 2.71. The largest absolute Gasteiger partial charge is 0.481 e. The van der Waals surface area contributed by atoms with E-state index in [1.54, 1.807) is 0 Å². The van der Waals surface area contributed by atoms with E-state index in [1.807, 2.05) is 19.1 Å². The Hall–Kier alpha value is -0.870. The number of carboxylic acids is 1. The molecule has 98 valence electrons. The van der Waals surface area contributed by atoms with Crippen LogP contribution in [-0.4, -0.2) is 28.6 Å². The van der Waals surface area contributed by atoms with Crippen LogP contribution in [0.2, 0.25) is 0 Å². The van der Waals surface area contributed by atoms with Gasteiger partial charge in [0.1, 0.15) is 0 Å². The van der Waals surface area contributed by atoms with Gasteiger partial charge in [-0.1, -0.05) is 28.1 Å². The minimum atomic E-state index is -0.673. The molecule has 4 heteroatoms. The summed E-state index contributed by atoms with van der Waals surface area (Å²) < 4.78 is 1.07. The van der Waals surface area contributed by atoms with Gasteiger partial charge >= 0.3 is 5.97 Å². The van der Waals surface area contributed by atoms with Gasteiger partial charge in [-0.05, 0) is 44.5 Å². The van der Waals surface area contributed by atoms with Gasteiger partial charge in [0, 0.05) is 16.6 Å². The Morgan fingerprint density at radius 1 is 1.44 bits per heavy atom. The Balaban J connectivity index is 2.13. The molecule has 3 unspecified atom stereocenters. The minimum Gasteiger partial charge on any atom is -0.481 e. The Kier molecular flexibility index (Phi) is 4.07. The zero-order chi connectivity index (χ0) is 13.3. The van der Waals surface area contributed by atoms with E-state index in [4.69, 9.17) is 5.11 Å². The van der Waals surface area contributed by atoms with Crippen LogP contribution in [0.5, 0.6) is 0 Å². The maximum Gasteiger partial charge on any atom is 0.308 e. The summed E-state index contributed by atoms with van der Waals surface area (Å²) in [6, 6.07) is 8.60. The van der Waals surface area contributed by atoms with Crippen molar-refractivity contribution in [3.8, 4) is 0 Å². The molecule has 3 nitrogen and oxygen atoms in total. The van der Waals surface area contributed by atoms with Gasteiger partial charge in [0.05, 0.1) is 5.92 Å². The first kappa shape index (κ1) is 13.6. The highest BCUT2D eigenvalue weighted by molar-refractivity contribution is 9.10. The number of likely N-dealkylation sites (tertiary alicyclic amines) is 1. The number of aliphatic carboxylic acids is 1. The molecule has 18 heavy (non-hydrogen) atoms. The predicted molar refractivity (Wildman–Crippen MR) is 74.5 cm³/mol. The number of carboxylic acid groups (broad SMARTS) is 1. The van der Waals surface area contributed by atoms with Crippen molar-refractivity contribution in [3.63, 3.8) is 0 Å². The Bertz CT molecular complexity index is 432. The molecule has 1 N–H and O–H groups in total. The lowest BCUT2D eigenvalue weighted by Gasteiger charge is -2.30. The molecule has 1 fully saturated rings. The zero-order valence-electron chi connectivity index (χ0n) is 10.6. The van der Waals surface area contributed by atoms with Crippen LogP contribution in [0.4, 0.5) is 0 Å². The number of hydrogen-bond donors (Lipinski definition) is 1. The number of halogens is 1. The summed E-state index contributed by atoms with van der Waals surface area (Å²) in [6.07, 6.45) is 0.747. The molecule has 1 aliphatic rings. The highest BCUT2D eigenvalue weighted by Gasteiger charge is 2.37. The predicted octanol–water partition coefficient (Wildman–Crippen LogP) is 3.31. The summed E-state index contributed by atoms with van der Waals surface area (Å²) in [5, 5.41) is 9.16. The maximum atomic E-state index is 11.1. The third-order valence-corrected chi connectivity index (χ3v) is 4.50. The van der Waals surface area contributed by atoms with Crippen LogP contribution in [-0.2, 0) is 4.79 Å². The van der Waals surface area contributed by atoms with Crippen LogP contribution in [0, 0.1) is 5.92 Å². The lowest BCUT2D eigenvalue weighted by atomic mass is 10.0. The van der Waals surface area contributed by atoms with Gasteiger partial charge in [-0.2, -0.15) is 0 Å². The van der Waals surface area contributed by atoms with E-state index < -0.39 is 5.97 Å². The molecule has 1 aliphatic heterocycles. The van der Waals surface area contributed by atoms with Gasteiger partial charge < -0.3 is 5.11 Å². The van der Waals surface area contributed by atoms with Crippen LogP contribution >= 0.6 is 15.9 Å². The molecule has 0 radical (unpaired) electrons. The van der Waals surface area contributed by atoms with Crippen molar-refractivity contribution >= 4 is 21.9 Å². The summed E-state index contributed by atoms with van der Waals surface area (Å²) in [6.45, 7) is 5.01. The molecule has 3 atom stereocenters. The average molecular weight is 312 g/mol. The van der Waals surface area contributed by atoms with Crippen LogP contribution in [0.15, 0.2) is 28.7 Å². The second kappa shape index (κ2) is 5.41. The van der Waals surface area contributed by atoms with Gasteiger partial charge in [-0.15, -0.1) is 0 Å². The van der Waals surface area contributed by atoms with Gasteiger partial charge in [0.2, 0.25) is 0 Å². The summed E-state index contributed by atoms with van der Waals surface area (Å²) in [5.74, 6) is -0.907. The summed E-state index contributed by atoms with van der Waals surface area (Å²) in [4.78, 5) is 13.4. The number of hydrogen-bond acceptors (Lipinski definition) is 2. The topological polar surface area (TPSA) is 40.5 Å². The van der Waals surface area contributed by atoms with Crippen LogP contribution in [0.1, 0.15) is 31.9 Å². The van der Waals surface area contributed by atoms with Gasteiger partial charge in [0.25, 0.3) is 0 Å². The first-order valence-electron chi connectivity index (χ1n) is 6.24. The minimum absolute atomic E-state index is 0.0983. The molecule has 1 aromatic carbocycles. The number of rotatable bonds is 3. The molecule has 0 saturated carbocycles. The van der Waals surface area contributed by atoms with Crippen LogP contribution < -0.4 is 0 Å². The Morgan fingerprint density at radius 2 is 2.06 bits per heavy atom. The molecule has 1 aromatic rings. The molecule has 1 saturated heterocycles. The maximum absolute atomic E-state index is 11.1. The normalized spacial score (nSPS) is 26.2. The van der Waals surface area contributed by atoms with E-state index in [9.17, 15) is 4.79 Å². The Labute approximate surface area is 116 Å². The molecule has 0 aliphatic carbocycles. The molecule has 0 bridgehead atoms. The number of nitrogens with zero attached hydrogens (tertiary/aromatic N) is 1. The fourth-order valence-electron chi connectivity index (χ4n) is 2.77. The van der Waals surface area contributed by atoms with Crippen molar-refractivity contribution in [2.24, 2.45) is 5.92 Å². The highest BCUT2D eigenvalue weighted by atomic mass is 79.9. The SMILES string of the molecule is CC(c1ccc(Br)cc1)N1CCC(C(=O)O)C1C. The molecule has 1 heterocycles. The second-order valence-corrected chi connectivity index (χ2v) is 5.86. The number of benzene rings is 1. The van der Waals surface area contributed by atoms with E-state index in [0.717, 1.165) is 17.4 Å². The van der Waals surface area contributed by atoms with E-state index in [0.29, 0.717) is 0 Å². The van der Waals surface area contributed by atoms with Crippen molar-refractivity contribution < 1.29 is 9.90 Å². The molecular formula is C14H18BrNO2. The van der Waals surface area contributed by atoms with Crippen molar-refractivity contribution in [1.29, 1.82) is 0 Å². The standard InChI is InChI=1S/C14H18BrNO2/c1-9(11-3-5-12(15)6-4-11)16-8-7-13(10(16)2)14(17)18/h3-6,9-10,13H,7-8H2,1-2H3,(H,17,18). The molecule has 2 rings (SSSR count). The van der Waals surface area contributed by atoms with Crippen LogP contribution in [0.25, 0.3) is 0 Å². The van der Waals surface area contributed by atoms with E-state index in [2.05, 4.69) is 39.9 Å². The second-order valence-electron chi connectivity index (χ2n) is 4.94. The lowest BCUT2D eigenvalue weighted by molar-refractivity contribution is -0.142. The third-order valence-electron chi connectivity index (χ3n) is 3.97. The van der Waals surface area contributed by atoms with Crippen molar-refractivity contribution in [3.05, 3.63) is 34.3 Å². The molecule has 0 spiro atoms. The van der Waals surface area contributed by atoms with Crippen molar-refractivity contribution in [2.45, 2.75) is 32.4 Å². The quantitative estimate of drug-likeness (QED) is 0.931. The van der Waals surface area contributed by atoms with Crippen LogP contribution in [0.3, 0.4) is 0 Å². The fraction of sp³-hybridized carbons (Fsp3) is 0.500. The summed E-state index contributed by atoms with van der Waals surface area (Å²) in [7, 11) is 0. The number of carbonyl (C=O) groups is 1.